The van der Waals surface area contributed by atoms with E-state index in [0.29, 0.717) is 12.3 Å². The molecular weight excluding hydrogens is 292 g/mol. The maximum Gasteiger partial charge on any atom is 0.220 e. The molecular formula is C17H26N4O2. The molecule has 0 aromatic carbocycles. The van der Waals surface area contributed by atoms with Gasteiger partial charge in [-0.15, -0.1) is 0 Å². The van der Waals surface area contributed by atoms with Gasteiger partial charge in [0.25, 0.3) is 0 Å². The monoisotopic (exact) mass is 318 g/mol. The van der Waals surface area contributed by atoms with Gasteiger partial charge in [0, 0.05) is 25.7 Å². The number of carbonyl (C=O) groups is 1. The van der Waals surface area contributed by atoms with Gasteiger partial charge >= 0.3 is 0 Å². The molecule has 4 N–H and O–H groups in total. The molecule has 1 saturated carbocycles. The molecule has 1 atom stereocenters. The second-order valence-corrected chi connectivity index (χ2v) is 6.71. The van der Waals surface area contributed by atoms with Gasteiger partial charge in [-0.1, -0.05) is 6.07 Å². The number of aliphatic hydroxyl groups is 1. The van der Waals surface area contributed by atoms with Crippen molar-refractivity contribution in [2.24, 2.45) is 11.8 Å². The number of aliphatic hydroxyl groups excluding tert-OH is 1. The third-order valence-corrected chi connectivity index (χ3v) is 4.87. The highest BCUT2D eigenvalue weighted by Gasteiger charge is 2.36. The van der Waals surface area contributed by atoms with Crippen LogP contribution >= 0.6 is 0 Å². The number of hydrogen-bond acceptors (Lipinski definition) is 5. The molecule has 126 valence electrons. The highest BCUT2D eigenvalue weighted by molar-refractivity contribution is 5.76. The average molecular weight is 318 g/mol. The molecule has 1 amide bonds. The van der Waals surface area contributed by atoms with Crippen molar-refractivity contribution in [3.05, 3.63) is 30.1 Å². The second-order valence-electron chi connectivity index (χ2n) is 6.71. The maximum absolute atomic E-state index is 12.3. The zero-order valence-electron chi connectivity index (χ0n) is 13.4. The number of nitrogens with zero attached hydrogens (tertiary/aromatic N) is 1. The molecule has 1 aliphatic carbocycles. The Hall–Kier alpha value is -1.50. The van der Waals surface area contributed by atoms with Crippen LogP contribution in [0, 0.1) is 11.8 Å². The number of hydrazine groups is 1. The zero-order valence-corrected chi connectivity index (χ0v) is 13.4. The van der Waals surface area contributed by atoms with Crippen LogP contribution in [0.2, 0.25) is 0 Å². The third kappa shape index (κ3) is 4.50. The van der Waals surface area contributed by atoms with Crippen LogP contribution in [0.5, 0.6) is 0 Å². The SMILES string of the molecule is O=C(CCCC1CNNC1)NC(c1ccccn1)C1CC(O)C1. The van der Waals surface area contributed by atoms with Gasteiger partial charge in [-0.2, -0.15) is 0 Å². The first-order valence-electron chi connectivity index (χ1n) is 8.56. The van der Waals surface area contributed by atoms with E-state index >= 15 is 0 Å². The van der Waals surface area contributed by atoms with Crippen LogP contribution in [0.3, 0.4) is 0 Å². The summed E-state index contributed by atoms with van der Waals surface area (Å²) in [5.74, 6) is 0.990. The van der Waals surface area contributed by atoms with Crippen molar-refractivity contribution in [3.8, 4) is 0 Å². The van der Waals surface area contributed by atoms with E-state index in [0.717, 1.165) is 44.5 Å². The van der Waals surface area contributed by atoms with Crippen LogP contribution in [0.25, 0.3) is 0 Å². The van der Waals surface area contributed by atoms with Gasteiger partial charge in [0.05, 0.1) is 17.8 Å². The Labute approximate surface area is 137 Å². The molecule has 0 radical (unpaired) electrons. The van der Waals surface area contributed by atoms with E-state index in [9.17, 15) is 9.90 Å². The van der Waals surface area contributed by atoms with Crippen molar-refractivity contribution in [1.29, 1.82) is 0 Å². The van der Waals surface area contributed by atoms with Crippen LogP contribution in [-0.4, -0.2) is 35.2 Å². The van der Waals surface area contributed by atoms with Crippen molar-refractivity contribution in [1.82, 2.24) is 21.2 Å². The van der Waals surface area contributed by atoms with Gasteiger partial charge in [-0.05, 0) is 49.7 Å². The quantitative estimate of drug-likeness (QED) is 0.600. The molecule has 23 heavy (non-hydrogen) atoms. The van der Waals surface area contributed by atoms with Crippen LogP contribution in [0.1, 0.15) is 43.8 Å². The number of aromatic nitrogens is 1. The average Bonchev–Trinajstić information content (AvgIpc) is 3.04. The Kier molecular flexibility index (Phi) is 5.59. The first kappa shape index (κ1) is 16.4. The molecule has 0 spiro atoms. The first-order chi connectivity index (χ1) is 11.2. The summed E-state index contributed by atoms with van der Waals surface area (Å²) in [4.78, 5) is 16.7. The molecule has 3 rings (SSSR count). The maximum atomic E-state index is 12.3. The summed E-state index contributed by atoms with van der Waals surface area (Å²) in [6.45, 7) is 1.97. The molecule has 1 aliphatic heterocycles. The number of rotatable bonds is 7. The fourth-order valence-electron chi connectivity index (χ4n) is 3.40. The predicted molar refractivity (Wildman–Crippen MR) is 87.2 cm³/mol. The summed E-state index contributed by atoms with van der Waals surface area (Å²) in [5.41, 5.74) is 7.12. The molecule has 1 aromatic rings. The number of pyridine rings is 1. The Balaban J connectivity index is 1.50. The summed E-state index contributed by atoms with van der Waals surface area (Å²) in [6, 6.07) is 5.69. The normalized spacial score (nSPS) is 25.8. The van der Waals surface area contributed by atoms with E-state index in [2.05, 4.69) is 21.2 Å². The molecule has 6 nitrogen and oxygen atoms in total. The molecule has 1 saturated heterocycles. The lowest BCUT2D eigenvalue weighted by atomic mass is 9.76. The Morgan fingerprint density at radius 1 is 1.35 bits per heavy atom. The molecule has 2 heterocycles. The molecule has 6 heteroatoms. The van der Waals surface area contributed by atoms with Crippen molar-refractivity contribution in [2.75, 3.05) is 13.1 Å². The van der Waals surface area contributed by atoms with Crippen LogP contribution in [0.15, 0.2) is 24.4 Å². The number of hydrogen-bond donors (Lipinski definition) is 4. The van der Waals surface area contributed by atoms with E-state index in [-0.39, 0.29) is 24.0 Å². The molecule has 0 bridgehead atoms. The highest BCUT2D eigenvalue weighted by atomic mass is 16.3. The lowest BCUT2D eigenvalue weighted by Crippen LogP contribution is -2.41. The summed E-state index contributed by atoms with van der Waals surface area (Å²) < 4.78 is 0. The molecule has 1 unspecified atom stereocenters. The molecule has 2 aliphatic rings. The van der Waals surface area contributed by atoms with E-state index < -0.39 is 0 Å². The van der Waals surface area contributed by atoms with E-state index in [1.54, 1.807) is 6.20 Å². The molecule has 1 aromatic heterocycles. The van der Waals surface area contributed by atoms with Crippen molar-refractivity contribution >= 4 is 5.91 Å². The smallest absolute Gasteiger partial charge is 0.220 e. The van der Waals surface area contributed by atoms with Crippen molar-refractivity contribution < 1.29 is 9.90 Å². The summed E-state index contributed by atoms with van der Waals surface area (Å²) in [5, 5.41) is 12.7. The Morgan fingerprint density at radius 3 is 2.78 bits per heavy atom. The van der Waals surface area contributed by atoms with E-state index in [4.69, 9.17) is 0 Å². The molecule has 2 fully saturated rings. The minimum absolute atomic E-state index is 0.0816. The van der Waals surface area contributed by atoms with Gasteiger partial charge in [0.15, 0.2) is 0 Å². The Bertz CT molecular complexity index is 499. The van der Waals surface area contributed by atoms with Gasteiger partial charge in [0.2, 0.25) is 5.91 Å². The minimum Gasteiger partial charge on any atom is -0.393 e. The van der Waals surface area contributed by atoms with E-state index in [1.807, 2.05) is 18.2 Å². The van der Waals surface area contributed by atoms with Gasteiger partial charge < -0.3 is 10.4 Å². The van der Waals surface area contributed by atoms with Gasteiger partial charge in [-0.25, -0.2) is 0 Å². The number of amides is 1. The largest absolute Gasteiger partial charge is 0.393 e. The lowest BCUT2D eigenvalue weighted by molar-refractivity contribution is -0.123. The van der Waals surface area contributed by atoms with Crippen molar-refractivity contribution in [2.45, 2.75) is 44.2 Å². The minimum atomic E-state index is -0.231. The standard InChI is InChI=1S/C17H26N4O2/c22-14-8-13(9-14)17(15-5-1-2-7-18-15)21-16(23)6-3-4-12-10-19-20-11-12/h1-2,5,7,12-14,17,19-20,22H,3-4,6,8-11H2,(H,21,23). The van der Waals surface area contributed by atoms with Gasteiger partial charge in [0.1, 0.15) is 0 Å². The summed E-state index contributed by atoms with van der Waals surface area (Å²) >= 11 is 0. The fourth-order valence-corrected chi connectivity index (χ4v) is 3.40. The van der Waals surface area contributed by atoms with Crippen LogP contribution < -0.4 is 16.2 Å². The Morgan fingerprint density at radius 2 is 2.13 bits per heavy atom. The zero-order chi connectivity index (χ0) is 16.1. The summed E-state index contributed by atoms with van der Waals surface area (Å²) in [7, 11) is 0. The van der Waals surface area contributed by atoms with E-state index in [1.165, 1.54) is 0 Å². The number of nitrogens with one attached hydrogen (secondary N) is 3. The number of carbonyl (C=O) groups excluding carboxylic acids is 1. The second kappa shape index (κ2) is 7.86. The van der Waals surface area contributed by atoms with Gasteiger partial charge in [-0.3, -0.25) is 20.6 Å². The van der Waals surface area contributed by atoms with Crippen LogP contribution in [0.4, 0.5) is 0 Å². The highest BCUT2D eigenvalue weighted by Crippen LogP contribution is 2.37. The predicted octanol–water partition coefficient (Wildman–Crippen LogP) is 0.904. The summed E-state index contributed by atoms with van der Waals surface area (Å²) in [6.07, 6.45) is 5.51. The fraction of sp³-hybridized carbons (Fsp3) is 0.647. The lowest BCUT2D eigenvalue weighted by Gasteiger charge is -2.37. The first-order valence-corrected chi connectivity index (χ1v) is 8.56. The van der Waals surface area contributed by atoms with Crippen molar-refractivity contribution in [3.63, 3.8) is 0 Å². The van der Waals surface area contributed by atoms with Crippen LogP contribution in [-0.2, 0) is 4.79 Å². The third-order valence-electron chi connectivity index (χ3n) is 4.87. The topological polar surface area (TPSA) is 86.3 Å².